The highest BCUT2D eigenvalue weighted by Gasteiger charge is 2.52. The van der Waals surface area contributed by atoms with Crippen molar-refractivity contribution in [2.45, 2.75) is 50.3 Å². The van der Waals surface area contributed by atoms with E-state index < -0.39 is 33.1 Å². The molecular formula is C20H26ClFN2O5S. The maximum absolute atomic E-state index is 13.4. The van der Waals surface area contributed by atoms with Gasteiger partial charge >= 0.3 is 0 Å². The summed E-state index contributed by atoms with van der Waals surface area (Å²) in [6.07, 6.45) is 3.86. The highest BCUT2D eigenvalue weighted by Crippen LogP contribution is 2.33. The van der Waals surface area contributed by atoms with E-state index in [9.17, 15) is 27.5 Å². The summed E-state index contributed by atoms with van der Waals surface area (Å²) in [7, 11) is -3.04. The number of carbonyl (C=O) groups excluding carboxylic acids is 2. The summed E-state index contributed by atoms with van der Waals surface area (Å²) in [6, 6.07) is 3.74. The molecule has 0 aromatic heterocycles. The molecule has 10 heteroatoms. The van der Waals surface area contributed by atoms with Gasteiger partial charge < -0.3 is 15.3 Å². The van der Waals surface area contributed by atoms with Gasteiger partial charge in [-0.25, -0.2) is 12.8 Å². The molecule has 1 atom stereocenters. The number of rotatable bonds is 6. The number of hydrogen-bond acceptors (Lipinski definition) is 5. The van der Waals surface area contributed by atoms with Gasteiger partial charge in [-0.1, -0.05) is 11.6 Å². The third-order valence-electron chi connectivity index (χ3n) is 5.88. The van der Waals surface area contributed by atoms with E-state index in [1.165, 1.54) is 23.3 Å². The smallest absolute Gasteiger partial charge is 0.264 e. The number of aliphatic hydroxyl groups is 1. The van der Waals surface area contributed by atoms with Crippen LogP contribution in [0.5, 0.6) is 0 Å². The van der Waals surface area contributed by atoms with Crippen molar-refractivity contribution in [3.8, 4) is 0 Å². The predicted molar refractivity (Wildman–Crippen MR) is 110 cm³/mol. The fourth-order valence-electron chi connectivity index (χ4n) is 4.38. The molecule has 1 saturated heterocycles. The summed E-state index contributed by atoms with van der Waals surface area (Å²) in [4.78, 5) is 26.9. The Labute approximate surface area is 180 Å². The average molecular weight is 461 g/mol. The van der Waals surface area contributed by atoms with Gasteiger partial charge in [-0.3, -0.25) is 9.59 Å². The first-order valence-corrected chi connectivity index (χ1v) is 12.4. The molecular weight excluding hydrogens is 435 g/mol. The molecule has 0 radical (unpaired) electrons. The molecule has 3 rings (SSSR count). The molecule has 0 spiro atoms. The maximum atomic E-state index is 13.4. The van der Waals surface area contributed by atoms with Gasteiger partial charge in [0.1, 0.15) is 15.7 Å². The number of benzene rings is 1. The lowest BCUT2D eigenvalue weighted by Crippen LogP contribution is -2.53. The van der Waals surface area contributed by atoms with Gasteiger partial charge in [0, 0.05) is 36.8 Å². The Balaban J connectivity index is 1.57. The number of halogens is 2. The number of carbonyl (C=O) groups is 2. The number of likely N-dealkylation sites (tertiary alicyclic amines) is 1. The van der Waals surface area contributed by atoms with Crippen LogP contribution < -0.4 is 5.32 Å². The van der Waals surface area contributed by atoms with E-state index >= 15 is 0 Å². The lowest BCUT2D eigenvalue weighted by Gasteiger charge is -2.35. The second-order valence-electron chi connectivity index (χ2n) is 8.34. The molecule has 7 nitrogen and oxygen atoms in total. The minimum absolute atomic E-state index is 0.0230. The van der Waals surface area contributed by atoms with Gasteiger partial charge in [0.15, 0.2) is 0 Å². The van der Waals surface area contributed by atoms with Crippen molar-refractivity contribution in [3.05, 3.63) is 34.6 Å². The number of amides is 2. The van der Waals surface area contributed by atoms with Gasteiger partial charge in [0.2, 0.25) is 5.60 Å². The Kier molecular flexibility index (Phi) is 6.74. The molecule has 166 valence electrons. The average Bonchev–Trinajstić information content (AvgIpc) is 2.95. The number of sulfone groups is 1. The van der Waals surface area contributed by atoms with E-state index in [1.54, 1.807) is 0 Å². The third-order valence-corrected chi connectivity index (χ3v) is 7.17. The van der Waals surface area contributed by atoms with Crippen LogP contribution in [0.1, 0.15) is 37.7 Å². The van der Waals surface area contributed by atoms with E-state index in [0.29, 0.717) is 31.2 Å². The number of nitrogens with zero attached hydrogens (tertiary/aromatic N) is 1. The van der Waals surface area contributed by atoms with Crippen molar-refractivity contribution < 1.29 is 27.5 Å². The lowest BCUT2D eigenvalue weighted by atomic mass is 9.86. The largest absolute Gasteiger partial charge is 0.372 e. The van der Waals surface area contributed by atoms with Crippen LogP contribution in [-0.4, -0.2) is 60.4 Å². The van der Waals surface area contributed by atoms with Crippen LogP contribution >= 0.6 is 11.6 Å². The molecule has 1 unspecified atom stereocenters. The molecule has 1 aliphatic heterocycles. The molecule has 30 heavy (non-hydrogen) atoms. The second-order valence-corrected chi connectivity index (χ2v) is 11.0. The summed E-state index contributed by atoms with van der Waals surface area (Å²) in [5, 5.41) is 13.4. The summed E-state index contributed by atoms with van der Waals surface area (Å²) in [5.41, 5.74) is -1.73. The first-order valence-electron chi connectivity index (χ1n) is 9.92. The Morgan fingerprint density at radius 1 is 1.30 bits per heavy atom. The van der Waals surface area contributed by atoms with Crippen LogP contribution in [-0.2, 0) is 26.0 Å². The molecule has 1 aliphatic carbocycles. The quantitative estimate of drug-likeness (QED) is 0.628. The zero-order valence-electron chi connectivity index (χ0n) is 16.7. The first kappa shape index (κ1) is 23.0. The normalized spacial score (nSPS) is 27.3. The zero-order chi connectivity index (χ0) is 22.1. The van der Waals surface area contributed by atoms with Crippen molar-refractivity contribution in [1.29, 1.82) is 0 Å². The Hall–Kier alpha value is -1.71. The van der Waals surface area contributed by atoms with E-state index in [1.807, 2.05) is 0 Å². The van der Waals surface area contributed by atoms with Crippen molar-refractivity contribution in [2.24, 2.45) is 5.92 Å². The fourth-order valence-corrected chi connectivity index (χ4v) is 5.81. The molecule has 2 N–H and O–H groups in total. The van der Waals surface area contributed by atoms with Crippen molar-refractivity contribution in [3.63, 3.8) is 0 Å². The Morgan fingerprint density at radius 2 is 1.97 bits per heavy atom. The van der Waals surface area contributed by atoms with Crippen LogP contribution in [0.15, 0.2) is 18.2 Å². The number of nitrogens with one attached hydrogen (secondary N) is 1. The van der Waals surface area contributed by atoms with Crippen LogP contribution in [0, 0.1) is 11.7 Å². The molecule has 0 bridgehead atoms. The first-order chi connectivity index (χ1) is 14.0. The molecule has 1 heterocycles. The number of hydrogen-bond donors (Lipinski definition) is 2. The zero-order valence-corrected chi connectivity index (χ0v) is 18.3. The topological polar surface area (TPSA) is 104 Å². The van der Waals surface area contributed by atoms with Crippen LogP contribution in [0.2, 0.25) is 5.02 Å². The summed E-state index contributed by atoms with van der Waals surface area (Å²) in [5.74, 6) is -1.77. The van der Waals surface area contributed by atoms with E-state index in [-0.39, 0.29) is 42.2 Å². The molecule has 1 aromatic carbocycles. The van der Waals surface area contributed by atoms with Gasteiger partial charge in [-0.05, 0) is 55.4 Å². The predicted octanol–water partition coefficient (Wildman–Crippen LogP) is 1.66. The Bertz CT molecular complexity index is 913. The van der Waals surface area contributed by atoms with E-state index in [4.69, 9.17) is 11.6 Å². The Morgan fingerprint density at radius 3 is 2.57 bits per heavy atom. The standard InChI is InChI=1S/C20H26ClFN2O5S/c1-30(28,29)12-13-2-4-17(5-3-13)24-7-6-20(27,19(24)26)18(25)23-11-14-8-15(21)10-16(22)9-14/h8-10,13,17,27H,2-7,11-12H2,1H3,(H,23,25). The van der Waals surface area contributed by atoms with E-state index in [2.05, 4.69) is 5.32 Å². The summed E-state index contributed by atoms with van der Waals surface area (Å²) < 4.78 is 36.4. The lowest BCUT2D eigenvalue weighted by molar-refractivity contribution is -0.155. The molecule has 1 aromatic rings. The monoisotopic (exact) mass is 460 g/mol. The highest BCUT2D eigenvalue weighted by molar-refractivity contribution is 7.90. The minimum Gasteiger partial charge on any atom is -0.372 e. The van der Waals surface area contributed by atoms with Gasteiger partial charge in [0.05, 0.1) is 5.75 Å². The molecule has 2 amide bonds. The van der Waals surface area contributed by atoms with Crippen molar-refractivity contribution in [1.82, 2.24) is 10.2 Å². The van der Waals surface area contributed by atoms with Crippen LogP contribution in [0.3, 0.4) is 0 Å². The molecule has 1 saturated carbocycles. The fraction of sp³-hybridized carbons (Fsp3) is 0.600. The maximum Gasteiger partial charge on any atom is 0.264 e. The van der Waals surface area contributed by atoms with Gasteiger partial charge in [-0.15, -0.1) is 0 Å². The summed E-state index contributed by atoms with van der Waals surface area (Å²) in [6.45, 7) is 0.193. The van der Waals surface area contributed by atoms with Gasteiger partial charge in [0.25, 0.3) is 11.8 Å². The van der Waals surface area contributed by atoms with E-state index in [0.717, 1.165) is 6.07 Å². The highest BCUT2D eigenvalue weighted by atomic mass is 35.5. The summed E-state index contributed by atoms with van der Waals surface area (Å²) >= 11 is 5.80. The second kappa shape index (κ2) is 8.80. The van der Waals surface area contributed by atoms with Gasteiger partial charge in [-0.2, -0.15) is 0 Å². The molecule has 2 aliphatic rings. The minimum atomic E-state index is -3.04. The van der Waals surface area contributed by atoms with Crippen LogP contribution in [0.25, 0.3) is 0 Å². The van der Waals surface area contributed by atoms with Crippen molar-refractivity contribution >= 4 is 33.3 Å². The van der Waals surface area contributed by atoms with Crippen LogP contribution in [0.4, 0.5) is 4.39 Å². The SMILES string of the molecule is CS(=O)(=O)CC1CCC(N2CCC(O)(C(=O)NCc3cc(F)cc(Cl)c3)C2=O)CC1. The third kappa shape index (κ3) is 5.31. The molecule has 2 fully saturated rings. The van der Waals surface area contributed by atoms with Crippen molar-refractivity contribution in [2.75, 3.05) is 18.6 Å².